The van der Waals surface area contributed by atoms with Crippen LogP contribution in [0.1, 0.15) is 80.3 Å². The lowest BCUT2D eigenvalue weighted by Crippen LogP contribution is -2.53. The summed E-state index contributed by atoms with van der Waals surface area (Å²) in [4.78, 5) is 30.9. The fourth-order valence-electron chi connectivity index (χ4n) is 9.75. The molecule has 2 bridgehead atoms. The van der Waals surface area contributed by atoms with Crippen molar-refractivity contribution < 1.29 is 37.0 Å². The number of sulfonamides is 1. The van der Waals surface area contributed by atoms with E-state index in [1.807, 2.05) is 25.1 Å². The Kier molecular flexibility index (Phi) is 15.6. The van der Waals surface area contributed by atoms with Gasteiger partial charge in [-0.1, -0.05) is 30.7 Å². The number of rotatable bonds is 9. The second-order valence-corrected chi connectivity index (χ2v) is 19.7. The number of nitrogens with zero attached hydrogens (tertiary/aromatic N) is 2. The highest BCUT2D eigenvalue weighted by Gasteiger charge is 2.49. The zero-order chi connectivity index (χ0) is 42.2. The Bertz CT molecular complexity index is 1880. The van der Waals surface area contributed by atoms with Crippen LogP contribution in [0.2, 0.25) is 5.02 Å². The molecule has 0 unspecified atom stereocenters. The molecule has 6 atom stereocenters. The van der Waals surface area contributed by atoms with E-state index in [4.69, 9.17) is 30.5 Å². The molecule has 12 nitrogen and oxygen atoms in total. The summed E-state index contributed by atoms with van der Waals surface area (Å²) in [6, 6.07) is 12.0. The third-order valence-electron chi connectivity index (χ3n) is 13.7. The molecule has 2 aliphatic carbocycles. The quantitative estimate of drug-likeness (QED) is 0.234. The number of aldehydes is 1. The molecule has 59 heavy (non-hydrogen) atoms. The molecule has 5 aliphatic rings. The number of fused-ring (bicyclic) bond motifs is 4. The number of methoxy groups -OCH3 is 3. The zero-order valence-electron chi connectivity index (χ0n) is 35.6. The van der Waals surface area contributed by atoms with Crippen LogP contribution in [0.4, 0.5) is 5.69 Å². The van der Waals surface area contributed by atoms with E-state index in [-0.39, 0.29) is 28.7 Å². The predicted molar refractivity (Wildman–Crippen MR) is 232 cm³/mol. The maximum Gasteiger partial charge on any atom is 0.264 e. The van der Waals surface area contributed by atoms with E-state index in [0.29, 0.717) is 42.9 Å². The molecule has 1 saturated heterocycles. The summed E-state index contributed by atoms with van der Waals surface area (Å²) < 4.78 is 51.6. The number of nitrogens with one attached hydrogen (secondary N) is 2. The van der Waals surface area contributed by atoms with Crippen molar-refractivity contribution >= 4 is 39.5 Å². The number of carbonyl (C=O) groups is 2. The maximum atomic E-state index is 13.4. The number of carbonyl (C=O) groups excluding carboxylic acids is 2. The van der Waals surface area contributed by atoms with E-state index < -0.39 is 26.8 Å². The Morgan fingerprint density at radius 2 is 1.76 bits per heavy atom. The smallest absolute Gasteiger partial charge is 0.264 e. The summed E-state index contributed by atoms with van der Waals surface area (Å²) in [5, 5.41) is 3.27. The molecule has 14 heteroatoms. The molecule has 1 saturated carbocycles. The van der Waals surface area contributed by atoms with Gasteiger partial charge in [-0.3, -0.25) is 14.5 Å². The lowest BCUT2D eigenvalue weighted by atomic mass is 9.64. The van der Waals surface area contributed by atoms with Crippen LogP contribution in [-0.2, 0) is 40.9 Å². The number of allylic oxidation sites excluding steroid dienone is 1. The SMILES string of the molecule is COCCN(CCOC)C1CCNCC1.CO[C@@]1(C=O)/C=C/C[C@H](C)[C@@H](C)S(=O)(=O)NC(=O)c2ccc3c(c2)N(C[C@@H]2CC[C@H]21)C[C@@]1(CCCc2cc(Cl)ccc21)CO3. The largest absolute Gasteiger partial charge is 0.490 e. The van der Waals surface area contributed by atoms with E-state index in [2.05, 4.69) is 32.0 Å². The van der Waals surface area contributed by atoms with Gasteiger partial charge in [0, 0.05) is 75.5 Å². The van der Waals surface area contributed by atoms with Crippen molar-refractivity contribution in [1.82, 2.24) is 14.9 Å². The van der Waals surface area contributed by atoms with Crippen LogP contribution >= 0.6 is 11.6 Å². The lowest BCUT2D eigenvalue weighted by Gasteiger charge is -2.48. The topological polar surface area (TPSA) is 136 Å². The van der Waals surface area contributed by atoms with Crippen LogP contribution in [0.15, 0.2) is 48.6 Å². The van der Waals surface area contributed by atoms with Crippen LogP contribution in [-0.4, -0.2) is 123 Å². The first kappa shape index (κ1) is 45.5. The number of piperidine rings is 1. The van der Waals surface area contributed by atoms with Gasteiger partial charge < -0.3 is 29.2 Å². The number of aryl methyl sites for hydroxylation is 1. The van der Waals surface area contributed by atoms with Gasteiger partial charge in [0.25, 0.3) is 5.91 Å². The van der Waals surface area contributed by atoms with Gasteiger partial charge in [0.15, 0.2) is 6.29 Å². The summed E-state index contributed by atoms with van der Waals surface area (Å²) in [6.45, 7) is 11.1. The highest BCUT2D eigenvalue weighted by atomic mass is 35.5. The van der Waals surface area contributed by atoms with Gasteiger partial charge in [0.2, 0.25) is 10.0 Å². The van der Waals surface area contributed by atoms with Crippen molar-refractivity contribution in [3.63, 3.8) is 0 Å². The monoisotopic (exact) mass is 856 g/mol. The fraction of sp³-hybridized carbons (Fsp3) is 0.644. The minimum Gasteiger partial charge on any atom is -0.490 e. The molecule has 2 N–H and O–H groups in total. The highest BCUT2D eigenvalue weighted by Crippen LogP contribution is 2.48. The first-order valence-corrected chi connectivity index (χ1v) is 23.3. The Morgan fingerprint density at radius 3 is 2.42 bits per heavy atom. The highest BCUT2D eigenvalue weighted by molar-refractivity contribution is 7.90. The molecule has 3 aliphatic heterocycles. The third-order valence-corrected chi connectivity index (χ3v) is 15.8. The van der Waals surface area contributed by atoms with Gasteiger partial charge in [-0.15, -0.1) is 0 Å². The van der Waals surface area contributed by atoms with Crippen molar-refractivity contribution in [2.45, 2.75) is 87.5 Å². The number of ether oxygens (including phenoxy) is 4. The van der Waals surface area contributed by atoms with Crippen LogP contribution < -0.4 is 19.7 Å². The van der Waals surface area contributed by atoms with E-state index in [1.165, 1.54) is 24.0 Å². The van der Waals surface area contributed by atoms with Crippen molar-refractivity contribution in [1.29, 1.82) is 0 Å². The lowest BCUT2D eigenvalue weighted by molar-refractivity contribution is -0.135. The molecule has 2 aromatic carbocycles. The summed E-state index contributed by atoms with van der Waals surface area (Å²) in [5.41, 5.74) is 2.05. The maximum absolute atomic E-state index is 13.4. The average molecular weight is 858 g/mol. The molecular weight excluding hydrogens is 792 g/mol. The number of benzene rings is 2. The number of halogens is 1. The molecule has 7 rings (SSSR count). The number of amides is 1. The molecule has 3 heterocycles. The Labute approximate surface area is 356 Å². The van der Waals surface area contributed by atoms with E-state index >= 15 is 0 Å². The van der Waals surface area contributed by atoms with Crippen molar-refractivity contribution in [3.8, 4) is 5.75 Å². The Hall–Kier alpha value is -3.04. The van der Waals surface area contributed by atoms with Crippen molar-refractivity contribution in [3.05, 3.63) is 70.3 Å². The molecule has 0 aromatic heterocycles. The Balaban J connectivity index is 0.000000330. The fourth-order valence-corrected chi connectivity index (χ4v) is 11.2. The molecule has 2 fully saturated rings. The van der Waals surface area contributed by atoms with Crippen LogP contribution in [0, 0.1) is 17.8 Å². The molecule has 2 aromatic rings. The first-order chi connectivity index (χ1) is 28.4. The van der Waals surface area contributed by atoms with Crippen LogP contribution in [0.3, 0.4) is 0 Å². The minimum atomic E-state index is -3.97. The van der Waals surface area contributed by atoms with Gasteiger partial charge in [-0.25, -0.2) is 13.1 Å². The summed E-state index contributed by atoms with van der Waals surface area (Å²) >= 11 is 6.40. The molecule has 1 spiro atoms. The van der Waals surface area contributed by atoms with Gasteiger partial charge in [0.1, 0.15) is 11.4 Å². The van der Waals surface area contributed by atoms with Gasteiger partial charge in [-0.05, 0) is 131 Å². The summed E-state index contributed by atoms with van der Waals surface area (Å²) in [7, 11) is 1.12. The summed E-state index contributed by atoms with van der Waals surface area (Å²) in [5.74, 6) is -0.203. The van der Waals surface area contributed by atoms with Gasteiger partial charge in [-0.2, -0.15) is 0 Å². The second kappa shape index (κ2) is 20.2. The summed E-state index contributed by atoms with van der Waals surface area (Å²) in [6.07, 6.45) is 12.1. The standard InChI is InChI=1S/C34H41ClN2O6S.C11H24N2O2/c1-22-6-4-15-34(20-38,42-3)29-11-8-26(29)18-37-19-33(14-5-7-24-16-27(35)10-12-28(24)33)21-43-31-13-9-25(17-30(31)37)32(39)36-44(40,41)23(22)2;1-14-9-7-13(8-10-15-2)11-3-5-12-6-4-11/h4,9-10,12-13,15-17,20,22-23,26,29H,5-8,11,14,18-19,21H2,1-3H3,(H,36,39);11-12H,3-10H2,1-2H3/b15-4+;/t22-,23+,26-,29+,33-,34+;/m0./s1. The second-order valence-electron chi connectivity index (χ2n) is 17.2. The predicted octanol–water partition coefficient (Wildman–Crippen LogP) is 5.80. The van der Waals surface area contributed by atoms with Gasteiger partial charge >= 0.3 is 0 Å². The van der Waals surface area contributed by atoms with Crippen molar-refractivity contribution in [2.75, 3.05) is 85.3 Å². The molecule has 0 radical (unpaired) electrons. The van der Waals surface area contributed by atoms with E-state index in [9.17, 15) is 18.0 Å². The van der Waals surface area contributed by atoms with Crippen LogP contribution in [0.25, 0.3) is 0 Å². The number of hydrogen-bond donors (Lipinski definition) is 2. The van der Waals surface area contributed by atoms with E-state index in [1.54, 1.807) is 46.5 Å². The number of anilines is 1. The zero-order valence-corrected chi connectivity index (χ0v) is 37.1. The number of hydrogen-bond acceptors (Lipinski definition) is 11. The molecule has 326 valence electrons. The van der Waals surface area contributed by atoms with Gasteiger partial charge in [0.05, 0.1) is 30.8 Å². The van der Waals surface area contributed by atoms with Crippen molar-refractivity contribution in [2.24, 2.45) is 17.8 Å². The first-order valence-electron chi connectivity index (χ1n) is 21.4. The third kappa shape index (κ3) is 10.4. The molecular formula is C45H65ClN4O8S. The average Bonchev–Trinajstić information content (AvgIpc) is 3.38. The normalized spacial score (nSPS) is 30.0. The molecule has 1 amide bonds. The van der Waals surface area contributed by atoms with E-state index in [0.717, 1.165) is 83.5 Å². The minimum absolute atomic E-state index is 0.0434. The Morgan fingerprint density at radius 1 is 1.02 bits per heavy atom. The van der Waals surface area contributed by atoms with Crippen LogP contribution in [0.5, 0.6) is 5.75 Å².